The number of nitrogens with one attached hydrogen (secondary N) is 1. The molecule has 4 nitrogen and oxygen atoms in total. The van der Waals surface area contributed by atoms with E-state index in [4.69, 9.17) is 0 Å². The van der Waals surface area contributed by atoms with Crippen molar-refractivity contribution in [2.24, 2.45) is 0 Å². The Balaban J connectivity index is 2.26. The largest absolute Gasteiger partial charge is 0.419 e. The first kappa shape index (κ1) is 14.5. The van der Waals surface area contributed by atoms with Crippen LogP contribution in [0.5, 0.6) is 0 Å². The molecule has 2 aromatic rings. The summed E-state index contributed by atoms with van der Waals surface area (Å²) in [6, 6.07) is 1.77. The molecule has 0 amide bonds. The molecule has 2 rings (SSSR count). The molecule has 0 aliphatic carbocycles. The predicted octanol–water partition coefficient (Wildman–Crippen LogP) is 2.79. The van der Waals surface area contributed by atoms with E-state index in [0.29, 0.717) is 12.2 Å². The Morgan fingerprint density at radius 3 is 2.75 bits per heavy atom. The lowest BCUT2D eigenvalue weighted by atomic mass is 10.2. The minimum Gasteiger partial charge on any atom is -0.313 e. The monoisotopic (exact) mass is 284 g/mol. The molecule has 0 spiro atoms. The summed E-state index contributed by atoms with van der Waals surface area (Å²) >= 11 is 0. The van der Waals surface area contributed by atoms with Gasteiger partial charge < -0.3 is 5.32 Å². The second kappa shape index (κ2) is 6.04. The number of nitrogens with zero attached hydrogens (tertiary/aromatic N) is 3. The van der Waals surface area contributed by atoms with Crippen LogP contribution >= 0.6 is 0 Å². The van der Waals surface area contributed by atoms with E-state index < -0.39 is 11.7 Å². The van der Waals surface area contributed by atoms with Gasteiger partial charge in [0.2, 0.25) is 0 Å². The second-order valence-electron chi connectivity index (χ2n) is 4.35. The fourth-order valence-corrected chi connectivity index (χ4v) is 1.77. The van der Waals surface area contributed by atoms with Crippen LogP contribution in [-0.2, 0) is 12.7 Å². The van der Waals surface area contributed by atoms with Gasteiger partial charge in [-0.25, -0.2) is 4.68 Å². The van der Waals surface area contributed by atoms with E-state index in [1.807, 2.05) is 6.92 Å². The number of alkyl halides is 3. The van der Waals surface area contributed by atoms with E-state index in [0.717, 1.165) is 30.9 Å². The van der Waals surface area contributed by atoms with Crippen LogP contribution in [0.25, 0.3) is 5.69 Å². The zero-order chi connectivity index (χ0) is 14.6. The maximum atomic E-state index is 12.6. The Hall–Kier alpha value is -1.89. The van der Waals surface area contributed by atoms with Crippen molar-refractivity contribution < 1.29 is 13.2 Å². The van der Waals surface area contributed by atoms with E-state index in [1.54, 1.807) is 12.3 Å². The summed E-state index contributed by atoms with van der Waals surface area (Å²) in [5.41, 5.74) is 0.630. The zero-order valence-corrected chi connectivity index (χ0v) is 11.0. The van der Waals surface area contributed by atoms with Crippen LogP contribution in [-0.4, -0.2) is 21.3 Å². The van der Waals surface area contributed by atoms with Crippen LogP contribution in [0.1, 0.15) is 24.5 Å². The average molecular weight is 284 g/mol. The highest BCUT2D eigenvalue weighted by atomic mass is 19.4. The summed E-state index contributed by atoms with van der Waals surface area (Å²) in [6.07, 6.45) is 1.51. The predicted molar refractivity (Wildman–Crippen MR) is 68.4 cm³/mol. The molecule has 0 aliphatic heterocycles. The Kier molecular flexibility index (Phi) is 4.39. The van der Waals surface area contributed by atoms with Crippen molar-refractivity contribution in [1.82, 2.24) is 20.1 Å². The zero-order valence-electron chi connectivity index (χ0n) is 11.0. The molecular formula is C13H15F3N4. The van der Waals surface area contributed by atoms with Gasteiger partial charge in [0, 0.05) is 18.9 Å². The van der Waals surface area contributed by atoms with Crippen LogP contribution in [0.3, 0.4) is 0 Å². The van der Waals surface area contributed by atoms with Crippen LogP contribution in [0, 0.1) is 0 Å². The summed E-state index contributed by atoms with van der Waals surface area (Å²) in [7, 11) is 0. The number of pyridine rings is 1. The van der Waals surface area contributed by atoms with Gasteiger partial charge in [-0.05, 0) is 24.6 Å². The maximum Gasteiger partial charge on any atom is 0.419 e. The third-order valence-electron chi connectivity index (χ3n) is 2.79. The number of hydrogen-bond acceptors (Lipinski definition) is 3. The molecule has 0 fully saturated rings. The van der Waals surface area contributed by atoms with E-state index in [2.05, 4.69) is 15.4 Å². The first-order valence-corrected chi connectivity index (χ1v) is 6.28. The molecule has 0 saturated heterocycles. The van der Waals surface area contributed by atoms with Crippen LogP contribution in [0.2, 0.25) is 0 Å². The molecule has 0 saturated carbocycles. The summed E-state index contributed by atoms with van der Waals surface area (Å²) in [6.45, 7) is 3.45. The molecule has 1 N–H and O–H groups in total. The summed E-state index contributed by atoms with van der Waals surface area (Å²) < 4.78 is 39.0. The third-order valence-corrected chi connectivity index (χ3v) is 2.79. The van der Waals surface area contributed by atoms with Gasteiger partial charge in [-0.1, -0.05) is 6.92 Å². The Morgan fingerprint density at radius 2 is 2.10 bits per heavy atom. The number of aromatic nitrogens is 3. The van der Waals surface area contributed by atoms with E-state index in [1.165, 1.54) is 10.9 Å². The van der Waals surface area contributed by atoms with Crippen molar-refractivity contribution in [3.05, 3.63) is 42.0 Å². The Labute approximate surface area is 114 Å². The first-order chi connectivity index (χ1) is 9.52. The Morgan fingerprint density at radius 1 is 1.30 bits per heavy atom. The molecule has 0 aliphatic rings. The van der Waals surface area contributed by atoms with Crippen molar-refractivity contribution in [2.45, 2.75) is 26.1 Å². The molecule has 2 aromatic heterocycles. The van der Waals surface area contributed by atoms with Gasteiger partial charge in [0.05, 0.1) is 23.6 Å². The number of rotatable bonds is 5. The van der Waals surface area contributed by atoms with E-state index >= 15 is 0 Å². The van der Waals surface area contributed by atoms with Crippen molar-refractivity contribution >= 4 is 0 Å². The lowest BCUT2D eigenvalue weighted by molar-refractivity contribution is -0.137. The van der Waals surface area contributed by atoms with Crippen molar-refractivity contribution in [3.8, 4) is 5.69 Å². The smallest absolute Gasteiger partial charge is 0.313 e. The number of halogens is 3. The molecule has 108 valence electrons. The minimum atomic E-state index is -4.39. The Bertz CT molecular complexity index is 563. The molecule has 0 radical (unpaired) electrons. The SMILES string of the molecule is CCCNCc1ccncc1-n1cc(C(F)(F)F)cn1. The molecule has 0 aromatic carbocycles. The van der Waals surface area contributed by atoms with Gasteiger partial charge in [0.15, 0.2) is 0 Å². The minimum absolute atomic E-state index is 0.548. The summed E-state index contributed by atoms with van der Waals surface area (Å²) in [4.78, 5) is 3.95. The summed E-state index contributed by atoms with van der Waals surface area (Å²) in [5, 5.41) is 6.98. The van der Waals surface area contributed by atoms with Gasteiger partial charge in [0.25, 0.3) is 0 Å². The fourth-order valence-electron chi connectivity index (χ4n) is 1.77. The fraction of sp³-hybridized carbons (Fsp3) is 0.385. The van der Waals surface area contributed by atoms with Gasteiger partial charge in [-0.2, -0.15) is 18.3 Å². The second-order valence-corrected chi connectivity index (χ2v) is 4.35. The summed E-state index contributed by atoms with van der Waals surface area (Å²) in [5.74, 6) is 0. The lowest BCUT2D eigenvalue weighted by Crippen LogP contribution is -2.15. The first-order valence-electron chi connectivity index (χ1n) is 6.28. The van der Waals surface area contributed by atoms with Crippen LogP contribution in [0.15, 0.2) is 30.9 Å². The quantitative estimate of drug-likeness (QED) is 0.859. The average Bonchev–Trinajstić information content (AvgIpc) is 2.89. The number of hydrogen-bond donors (Lipinski definition) is 1. The lowest BCUT2D eigenvalue weighted by Gasteiger charge is -2.09. The van der Waals surface area contributed by atoms with Gasteiger partial charge in [0.1, 0.15) is 0 Å². The van der Waals surface area contributed by atoms with Gasteiger partial charge >= 0.3 is 6.18 Å². The molecule has 20 heavy (non-hydrogen) atoms. The molecule has 0 atom stereocenters. The van der Waals surface area contributed by atoms with Crippen LogP contribution < -0.4 is 5.32 Å². The van der Waals surface area contributed by atoms with Crippen molar-refractivity contribution in [1.29, 1.82) is 0 Å². The van der Waals surface area contributed by atoms with E-state index in [-0.39, 0.29) is 0 Å². The standard InChI is InChI=1S/C13H15F3N4/c1-2-4-17-6-10-3-5-18-8-12(10)20-9-11(7-19-20)13(14,15)16/h3,5,7-9,17H,2,4,6H2,1H3. The molecule has 0 unspecified atom stereocenters. The topological polar surface area (TPSA) is 42.7 Å². The van der Waals surface area contributed by atoms with Gasteiger partial charge in [-0.3, -0.25) is 4.98 Å². The van der Waals surface area contributed by atoms with Gasteiger partial charge in [-0.15, -0.1) is 0 Å². The molecular weight excluding hydrogens is 269 g/mol. The van der Waals surface area contributed by atoms with Crippen molar-refractivity contribution in [2.75, 3.05) is 6.54 Å². The highest BCUT2D eigenvalue weighted by molar-refractivity contribution is 5.38. The maximum absolute atomic E-state index is 12.6. The molecule has 7 heteroatoms. The van der Waals surface area contributed by atoms with E-state index in [9.17, 15) is 13.2 Å². The molecule has 0 bridgehead atoms. The van der Waals surface area contributed by atoms with Crippen molar-refractivity contribution in [3.63, 3.8) is 0 Å². The molecule has 2 heterocycles. The van der Waals surface area contributed by atoms with Crippen LogP contribution in [0.4, 0.5) is 13.2 Å². The normalized spacial score (nSPS) is 11.8. The third kappa shape index (κ3) is 3.36. The highest BCUT2D eigenvalue weighted by Crippen LogP contribution is 2.29. The highest BCUT2D eigenvalue weighted by Gasteiger charge is 2.32.